The van der Waals surface area contributed by atoms with Gasteiger partial charge in [-0.2, -0.15) is 0 Å². The monoisotopic (exact) mass is 314 g/mol. The van der Waals surface area contributed by atoms with Crippen LogP contribution in [0.3, 0.4) is 0 Å². The van der Waals surface area contributed by atoms with E-state index in [2.05, 4.69) is 5.32 Å². The van der Waals surface area contributed by atoms with Crippen LogP contribution in [-0.4, -0.2) is 36.3 Å². The second-order valence-corrected chi connectivity index (χ2v) is 5.58. The molecule has 120 valence electrons. The fraction of sp³-hybridized carbons (Fsp3) is 0.353. The van der Waals surface area contributed by atoms with Gasteiger partial charge in [-0.1, -0.05) is 18.2 Å². The molecule has 6 nitrogen and oxygen atoms in total. The summed E-state index contributed by atoms with van der Waals surface area (Å²) in [6, 6.07) is 8.57. The molecule has 2 aromatic rings. The van der Waals surface area contributed by atoms with Crippen molar-refractivity contribution in [2.45, 2.75) is 19.3 Å². The Labute approximate surface area is 133 Å². The zero-order chi connectivity index (χ0) is 16.2. The SMILES string of the molecule is O=C(NCCN1CCCCC1=O)c1cc2ccccc2oc1=O. The van der Waals surface area contributed by atoms with Crippen LogP contribution in [-0.2, 0) is 4.79 Å². The lowest BCUT2D eigenvalue weighted by molar-refractivity contribution is -0.133. The Bertz CT molecular complexity index is 797. The Morgan fingerprint density at radius 3 is 2.87 bits per heavy atom. The van der Waals surface area contributed by atoms with Crippen molar-refractivity contribution in [3.63, 3.8) is 0 Å². The number of rotatable bonds is 4. The van der Waals surface area contributed by atoms with Gasteiger partial charge in [-0.05, 0) is 25.0 Å². The number of carbonyl (C=O) groups is 2. The lowest BCUT2D eigenvalue weighted by Crippen LogP contribution is -2.41. The summed E-state index contributed by atoms with van der Waals surface area (Å²) in [4.78, 5) is 37.5. The van der Waals surface area contributed by atoms with Crippen LogP contribution < -0.4 is 10.9 Å². The highest BCUT2D eigenvalue weighted by molar-refractivity contribution is 5.96. The number of fused-ring (bicyclic) bond motifs is 1. The van der Waals surface area contributed by atoms with Crippen LogP contribution in [0.4, 0.5) is 0 Å². The second-order valence-electron chi connectivity index (χ2n) is 5.58. The average Bonchev–Trinajstić information content (AvgIpc) is 2.56. The quantitative estimate of drug-likeness (QED) is 0.868. The first kappa shape index (κ1) is 15.3. The molecule has 23 heavy (non-hydrogen) atoms. The normalized spacial score (nSPS) is 15.0. The van der Waals surface area contributed by atoms with E-state index in [1.54, 1.807) is 23.1 Å². The molecule has 1 aromatic heterocycles. The third-order valence-corrected chi connectivity index (χ3v) is 3.97. The fourth-order valence-corrected chi connectivity index (χ4v) is 2.72. The summed E-state index contributed by atoms with van der Waals surface area (Å²) in [5, 5.41) is 3.38. The Balaban J connectivity index is 1.65. The number of benzene rings is 1. The Kier molecular flexibility index (Phi) is 4.41. The van der Waals surface area contributed by atoms with Crippen LogP contribution in [0.5, 0.6) is 0 Å². The summed E-state index contributed by atoms with van der Waals surface area (Å²) in [5.74, 6) is -0.357. The molecule has 0 bridgehead atoms. The van der Waals surface area contributed by atoms with Gasteiger partial charge < -0.3 is 14.6 Å². The number of hydrogen-bond donors (Lipinski definition) is 1. The van der Waals surface area contributed by atoms with E-state index >= 15 is 0 Å². The molecule has 1 fully saturated rings. The minimum Gasteiger partial charge on any atom is -0.422 e. The number of para-hydroxylation sites is 1. The third kappa shape index (κ3) is 3.41. The lowest BCUT2D eigenvalue weighted by Gasteiger charge is -2.26. The molecular formula is C17H18N2O4. The Morgan fingerprint density at radius 1 is 1.22 bits per heavy atom. The molecule has 2 heterocycles. The van der Waals surface area contributed by atoms with Crippen LogP contribution in [0.15, 0.2) is 39.5 Å². The molecule has 1 saturated heterocycles. The molecule has 1 aliphatic rings. The first-order valence-corrected chi connectivity index (χ1v) is 7.74. The van der Waals surface area contributed by atoms with Crippen molar-refractivity contribution in [2.24, 2.45) is 0 Å². The van der Waals surface area contributed by atoms with E-state index in [1.807, 2.05) is 6.07 Å². The van der Waals surface area contributed by atoms with Crippen LogP contribution >= 0.6 is 0 Å². The summed E-state index contributed by atoms with van der Waals surface area (Å²) in [5.41, 5.74) is -0.225. The van der Waals surface area contributed by atoms with Crippen molar-refractivity contribution in [1.82, 2.24) is 10.2 Å². The Hall–Kier alpha value is -2.63. The highest BCUT2D eigenvalue weighted by atomic mass is 16.4. The van der Waals surface area contributed by atoms with Crippen molar-refractivity contribution >= 4 is 22.8 Å². The van der Waals surface area contributed by atoms with Gasteiger partial charge in [0.2, 0.25) is 5.91 Å². The van der Waals surface area contributed by atoms with Gasteiger partial charge in [0.1, 0.15) is 11.1 Å². The molecular weight excluding hydrogens is 296 g/mol. The van der Waals surface area contributed by atoms with Gasteiger partial charge in [-0.3, -0.25) is 9.59 Å². The zero-order valence-electron chi connectivity index (χ0n) is 12.7. The van der Waals surface area contributed by atoms with Gasteiger partial charge in [-0.15, -0.1) is 0 Å². The first-order chi connectivity index (χ1) is 11.1. The number of hydrogen-bond acceptors (Lipinski definition) is 4. The van der Waals surface area contributed by atoms with E-state index in [0.29, 0.717) is 30.5 Å². The maximum Gasteiger partial charge on any atom is 0.349 e. The van der Waals surface area contributed by atoms with Crippen LogP contribution in [0.1, 0.15) is 29.6 Å². The van der Waals surface area contributed by atoms with Crippen LogP contribution in [0.25, 0.3) is 11.0 Å². The fourth-order valence-electron chi connectivity index (χ4n) is 2.72. The minimum absolute atomic E-state index is 0.0197. The smallest absolute Gasteiger partial charge is 0.349 e. The van der Waals surface area contributed by atoms with Gasteiger partial charge in [0.05, 0.1) is 0 Å². The number of likely N-dealkylation sites (tertiary alicyclic amines) is 1. The lowest BCUT2D eigenvalue weighted by atomic mass is 10.1. The molecule has 0 saturated carbocycles. The summed E-state index contributed by atoms with van der Waals surface area (Å²) in [6.45, 7) is 1.51. The van der Waals surface area contributed by atoms with Crippen molar-refractivity contribution in [2.75, 3.05) is 19.6 Å². The summed E-state index contributed by atoms with van der Waals surface area (Å²) in [6.07, 6.45) is 2.50. The first-order valence-electron chi connectivity index (χ1n) is 7.74. The third-order valence-electron chi connectivity index (χ3n) is 3.97. The highest BCUT2D eigenvalue weighted by Gasteiger charge is 2.18. The maximum atomic E-state index is 12.2. The number of carbonyl (C=O) groups excluding carboxylic acids is 2. The van der Waals surface area contributed by atoms with Gasteiger partial charge in [-0.25, -0.2) is 4.79 Å². The van der Waals surface area contributed by atoms with Gasteiger partial charge in [0, 0.05) is 31.4 Å². The van der Waals surface area contributed by atoms with Crippen molar-refractivity contribution < 1.29 is 14.0 Å². The van der Waals surface area contributed by atoms with E-state index in [9.17, 15) is 14.4 Å². The predicted molar refractivity (Wildman–Crippen MR) is 85.2 cm³/mol. The zero-order valence-corrected chi connectivity index (χ0v) is 12.7. The summed E-state index contributed by atoms with van der Waals surface area (Å²) >= 11 is 0. The second kappa shape index (κ2) is 6.64. The number of nitrogens with zero attached hydrogens (tertiary/aromatic N) is 1. The average molecular weight is 314 g/mol. The van der Waals surface area contributed by atoms with Gasteiger partial charge >= 0.3 is 5.63 Å². The largest absolute Gasteiger partial charge is 0.422 e. The van der Waals surface area contributed by atoms with E-state index in [4.69, 9.17) is 4.42 Å². The number of amides is 2. The highest BCUT2D eigenvalue weighted by Crippen LogP contribution is 2.12. The van der Waals surface area contributed by atoms with Crippen molar-refractivity contribution in [3.05, 3.63) is 46.3 Å². The standard InChI is InChI=1S/C17H18N2O4/c20-15-7-3-4-9-19(15)10-8-18-16(21)13-11-12-5-1-2-6-14(12)23-17(13)22/h1-2,5-6,11H,3-4,7-10H2,(H,18,21). The minimum atomic E-state index is -0.657. The van der Waals surface area contributed by atoms with Crippen LogP contribution in [0.2, 0.25) is 0 Å². The molecule has 6 heteroatoms. The maximum absolute atomic E-state index is 12.2. The molecule has 0 unspecified atom stereocenters. The van der Waals surface area contributed by atoms with Gasteiger partial charge in [0.25, 0.3) is 5.91 Å². The van der Waals surface area contributed by atoms with Gasteiger partial charge in [0.15, 0.2) is 0 Å². The molecule has 1 N–H and O–H groups in total. The molecule has 0 radical (unpaired) electrons. The molecule has 1 aromatic carbocycles. The molecule has 0 atom stereocenters. The van der Waals surface area contributed by atoms with E-state index in [1.165, 1.54) is 6.07 Å². The topological polar surface area (TPSA) is 79.6 Å². The van der Waals surface area contributed by atoms with Crippen LogP contribution in [0, 0.1) is 0 Å². The Morgan fingerprint density at radius 2 is 2.04 bits per heavy atom. The van der Waals surface area contributed by atoms with E-state index < -0.39 is 11.5 Å². The van der Waals surface area contributed by atoms with Crippen molar-refractivity contribution in [3.8, 4) is 0 Å². The number of nitrogens with one attached hydrogen (secondary N) is 1. The summed E-state index contributed by atoms with van der Waals surface area (Å²) < 4.78 is 5.15. The number of piperidine rings is 1. The molecule has 1 aliphatic heterocycles. The van der Waals surface area contributed by atoms with Crippen molar-refractivity contribution in [1.29, 1.82) is 0 Å². The van der Waals surface area contributed by atoms with E-state index in [0.717, 1.165) is 19.4 Å². The molecule has 2 amide bonds. The van der Waals surface area contributed by atoms with E-state index in [-0.39, 0.29) is 11.5 Å². The summed E-state index contributed by atoms with van der Waals surface area (Å²) in [7, 11) is 0. The predicted octanol–water partition coefficient (Wildman–Crippen LogP) is 1.54. The molecule has 0 aliphatic carbocycles. The molecule has 3 rings (SSSR count). The molecule has 0 spiro atoms.